The number of ether oxygens (including phenoxy) is 2. The summed E-state index contributed by atoms with van der Waals surface area (Å²) in [6, 6.07) is 13.8. The molecule has 10 nitrogen and oxygen atoms in total. The van der Waals surface area contributed by atoms with E-state index in [1.54, 1.807) is 31.2 Å². The van der Waals surface area contributed by atoms with E-state index in [-0.39, 0.29) is 24.6 Å². The lowest BCUT2D eigenvalue weighted by molar-refractivity contribution is -0.384. The van der Waals surface area contributed by atoms with Crippen LogP contribution in [0.25, 0.3) is 0 Å². The van der Waals surface area contributed by atoms with Gasteiger partial charge in [0, 0.05) is 17.9 Å². The monoisotopic (exact) mass is 483 g/mol. The van der Waals surface area contributed by atoms with Crippen LogP contribution in [0, 0.1) is 10.1 Å². The number of nitro groups is 1. The Bertz CT molecular complexity index is 1150. The Labute approximate surface area is 199 Å². The second kappa shape index (κ2) is 9.96. The highest BCUT2D eigenvalue weighted by molar-refractivity contribution is 8.00. The summed E-state index contributed by atoms with van der Waals surface area (Å²) in [6.45, 7) is 1.42. The number of carbonyl (C=O) groups is 3. The van der Waals surface area contributed by atoms with Crippen LogP contribution in [0.15, 0.2) is 65.9 Å². The molecular formula is C23H21N3O7S. The van der Waals surface area contributed by atoms with Crippen LogP contribution in [-0.2, 0) is 25.7 Å². The first kappa shape index (κ1) is 23.3. The SMILES string of the molecule is CC1=C(C(=O)OCc2ccc([N+](=O)[O-])cc2)N2C(=O)C(NC(=O)COc3ccccc3)[C@@H]2SC1. The zero-order valence-electron chi connectivity index (χ0n) is 18.1. The van der Waals surface area contributed by atoms with Crippen LogP contribution in [0.3, 0.4) is 0 Å². The van der Waals surface area contributed by atoms with E-state index in [0.29, 0.717) is 22.6 Å². The molecule has 1 N–H and O–H groups in total. The maximum absolute atomic E-state index is 12.8. The number of rotatable bonds is 8. The average Bonchev–Trinajstić information content (AvgIpc) is 2.85. The minimum Gasteiger partial charge on any atom is -0.484 e. The first-order valence-corrected chi connectivity index (χ1v) is 11.4. The fourth-order valence-electron chi connectivity index (χ4n) is 3.57. The summed E-state index contributed by atoms with van der Waals surface area (Å²) in [7, 11) is 0. The number of para-hydroxylation sites is 1. The van der Waals surface area contributed by atoms with Crippen molar-refractivity contribution in [1.29, 1.82) is 0 Å². The standard InChI is InChI=1S/C23H21N3O7S/c1-14-13-34-22-19(24-18(27)12-32-17-5-3-2-4-6-17)21(28)25(22)20(14)23(29)33-11-15-7-9-16(10-8-15)26(30)31/h2-10,19,22H,11-13H2,1H3,(H,24,27)/t19?,22-/m0/s1. The number of benzene rings is 2. The van der Waals surface area contributed by atoms with Gasteiger partial charge in [0.2, 0.25) is 0 Å². The molecule has 2 aromatic rings. The molecule has 2 aliphatic rings. The lowest BCUT2D eigenvalue weighted by atomic mass is 10.0. The molecule has 2 atom stereocenters. The van der Waals surface area contributed by atoms with Gasteiger partial charge in [-0.15, -0.1) is 11.8 Å². The predicted octanol–water partition coefficient (Wildman–Crippen LogP) is 2.39. The van der Waals surface area contributed by atoms with E-state index in [4.69, 9.17) is 9.47 Å². The van der Waals surface area contributed by atoms with Crippen molar-refractivity contribution < 1.29 is 28.8 Å². The van der Waals surface area contributed by atoms with Crippen molar-refractivity contribution in [3.05, 3.63) is 81.5 Å². The summed E-state index contributed by atoms with van der Waals surface area (Å²) in [6.07, 6.45) is 0. The number of nitro benzene ring substituents is 1. The molecule has 0 aromatic heterocycles. The molecule has 4 rings (SSSR count). The number of amides is 2. The Hall–Kier alpha value is -3.86. The summed E-state index contributed by atoms with van der Waals surface area (Å²) in [5.41, 5.74) is 1.38. The molecule has 11 heteroatoms. The van der Waals surface area contributed by atoms with E-state index in [0.717, 1.165) is 0 Å². The van der Waals surface area contributed by atoms with Gasteiger partial charge in [-0.05, 0) is 42.3 Å². The van der Waals surface area contributed by atoms with Gasteiger partial charge in [-0.25, -0.2) is 4.79 Å². The Morgan fingerprint density at radius 3 is 2.56 bits per heavy atom. The van der Waals surface area contributed by atoms with Crippen molar-refractivity contribution in [2.45, 2.75) is 24.9 Å². The number of fused-ring (bicyclic) bond motifs is 1. The lowest BCUT2D eigenvalue weighted by Crippen LogP contribution is -2.70. The normalized spacial score (nSPS) is 19.1. The van der Waals surface area contributed by atoms with Crippen LogP contribution in [0.4, 0.5) is 5.69 Å². The second-order valence-corrected chi connectivity index (χ2v) is 8.79. The molecule has 34 heavy (non-hydrogen) atoms. The minimum atomic E-state index is -0.762. The van der Waals surface area contributed by atoms with Gasteiger partial charge >= 0.3 is 5.97 Å². The third-order valence-corrected chi connectivity index (χ3v) is 6.72. The number of carbonyl (C=O) groups excluding carboxylic acids is 3. The molecule has 2 amide bonds. The molecule has 0 spiro atoms. The molecule has 0 aliphatic carbocycles. The number of non-ortho nitro benzene ring substituents is 1. The Balaban J connectivity index is 1.34. The maximum Gasteiger partial charge on any atom is 0.355 e. The molecule has 176 valence electrons. The number of β-lactam (4-membered cyclic amide) rings is 1. The minimum absolute atomic E-state index is 0.0609. The average molecular weight is 484 g/mol. The van der Waals surface area contributed by atoms with Crippen LogP contribution in [0.1, 0.15) is 12.5 Å². The maximum atomic E-state index is 12.8. The fourth-order valence-corrected chi connectivity index (χ4v) is 4.87. The molecule has 0 bridgehead atoms. The first-order chi connectivity index (χ1) is 16.3. The highest BCUT2D eigenvalue weighted by Crippen LogP contribution is 2.40. The van der Waals surface area contributed by atoms with Gasteiger partial charge in [-0.2, -0.15) is 0 Å². The number of hydrogen-bond donors (Lipinski definition) is 1. The third kappa shape index (κ3) is 4.88. The number of hydrogen-bond acceptors (Lipinski definition) is 8. The van der Waals surface area contributed by atoms with Crippen LogP contribution >= 0.6 is 11.8 Å². The van der Waals surface area contributed by atoms with E-state index in [2.05, 4.69) is 5.32 Å². The molecule has 0 saturated carbocycles. The summed E-state index contributed by atoms with van der Waals surface area (Å²) in [5, 5.41) is 13.0. The van der Waals surface area contributed by atoms with Crippen molar-refractivity contribution in [3.63, 3.8) is 0 Å². The van der Waals surface area contributed by atoms with E-state index in [1.807, 2.05) is 6.07 Å². The van der Waals surface area contributed by atoms with Gasteiger partial charge in [-0.1, -0.05) is 18.2 Å². The Morgan fingerprint density at radius 2 is 1.88 bits per heavy atom. The van der Waals surface area contributed by atoms with Gasteiger partial charge in [0.1, 0.15) is 29.5 Å². The Morgan fingerprint density at radius 1 is 1.18 bits per heavy atom. The lowest BCUT2D eigenvalue weighted by Gasteiger charge is -2.49. The molecule has 1 unspecified atom stereocenters. The van der Waals surface area contributed by atoms with Crippen LogP contribution in [0.5, 0.6) is 5.75 Å². The van der Waals surface area contributed by atoms with Crippen molar-refractivity contribution in [2.24, 2.45) is 0 Å². The fraction of sp³-hybridized carbons (Fsp3) is 0.261. The van der Waals surface area contributed by atoms with Gasteiger partial charge in [0.25, 0.3) is 17.5 Å². The van der Waals surface area contributed by atoms with Crippen molar-refractivity contribution in [2.75, 3.05) is 12.4 Å². The topological polar surface area (TPSA) is 128 Å². The quantitative estimate of drug-likeness (QED) is 0.262. The first-order valence-electron chi connectivity index (χ1n) is 10.4. The van der Waals surface area contributed by atoms with Gasteiger partial charge in [-0.3, -0.25) is 24.6 Å². The van der Waals surface area contributed by atoms with Crippen LogP contribution in [-0.4, -0.2) is 51.4 Å². The van der Waals surface area contributed by atoms with Gasteiger partial charge < -0.3 is 14.8 Å². The van der Waals surface area contributed by atoms with E-state index >= 15 is 0 Å². The molecule has 2 aliphatic heterocycles. The molecule has 2 heterocycles. The van der Waals surface area contributed by atoms with Gasteiger partial charge in [0.15, 0.2) is 6.61 Å². The smallest absolute Gasteiger partial charge is 0.355 e. The number of esters is 1. The van der Waals surface area contributed by atoms with E-state index in [1.165, 1.54) is 40.9 Å². The predicted molar refractivity (Wildman–Crippen MR) is 123 cm³/mol. The van der Waals surface area contributed by atoms with Crippen molar-refractivity contribution in [3.8, 4) is 5.75 Å². The highest BCUT2D eigenvalue weighted by atomic mass is 32.2. The zero-order chi connectivity index (χ0) is 24.2. The second-order valence-electron chi connectivity index (χ2n) is 7.69. The third-order valence-electron chi connectivity index (χ3n) is 5.30. The van der Waals surface area contributed by atoms with Gasteiger partial charge in [0.05, 0.1) is 4.92 Å². The molecule has 2 aromatic carbocycles. The number of nitrogens with one attached hydrogen (secondary N) is 1. The van der Waals surface area contributed by atoms with Crippen LogP contribution in [0.2, 0.25) is 0 Å². The number of nitrogens with zero attached hydrogens (tertiary/aromatic N) is 2. The molecule has 0 radical (unpaired) electrons. The molecular weight excluding hydrogens is 462 g/mol. The van der Waals surface area contributed by atoms with Crippen LogP contribution < -0.4 is 10.1 Å². The summed E-state index contributed by atoms with van der Waals surface area (Å²) in [4.78, 5) is 49.5. The highest BCUT2D eigenvalue weighted by Gasteiger charge is 2.54. The largest absolute Gasteiger partial charge is 0.484 e. The summed E-state index contributed by atoms with van der Waals surface area (Å²) in [5.74, 6) is -0.444. The number of thioether (sulfide) groups is 1. The molecule has 1 saturated heterocycles. The van der Waals surface area contributed by atoms with E-state index in [9.17, 15) is 24.5 Å². The van der Waals surface area contributed by atoms with Crippen molar-refractivity contribution in [1.82, 2.24) is 10.2 Å². The summed E-state index contributed by atoms with van der Waals surface area (Å²) >= 11 is 1.45. The van der Waals surface area contributed by atoms with Crippen molar-refractivity contribution >= 4 is 35.2 Å². The summed E-state index contributed by atoms with van der Waals surface area (Å²) < 4.78 is 10.8. The Kier molecular flexibility index (Phi) is 6.82. The zero-order valence-corrected chi connectivity index (χ0v) is 18.9. The molecule has 1 fully saturated rings. The van der Waals surface area contributed by atoms with E-state index < -0.39 is 34.1 Å².